The second kappa shape index (κ2) is 7.02. The van der Waals surface area contributed by atoms with E-state index < -0.39 is 0 Å². The highest BCUT2D eigenvalue weighted by Crippen LogP contribution is 2.30. The predicted molar refractivity (Wildman–Crippen MR) is 110 cm³/mol. The van der Waals surface area contributed by atoms with E-state index >= 15 is 0 Å². The van der Waals surface area contributed by atoms with Crippen molar-refractivity contribution in [3.8, 4) is 5.69 Å². The number of aromatic nitrogens is 1. The van der Waals surface area contributed by atoms with Crippen LogP contribution < -0.4 is 0 Å². The van der Waals surface area contributed by atoms with Crippen LogP contribution in [0.15, 0.2) is 60.2 Å². The number of carbonyl (C=O) groups is 3. The van der Waals surface area contributed by atoms with Gasteiger partial charge in [0.15, 0.2) is 11.6 Å². The molecule has 0 saturated carbocycles. The number of nitrogens with zero attached hydrogens (tertiary/aromatic N) is 1. The van der Waals surface area contributed by atoms with Crippen LogP contribution in [-0.2, 0) is 4.74 Å². The average molecular weight is 385 g/mol. The summed E-state index contributed by atoms with van der Waals surface area (Å²) in [5, 5.41) is 0. The number of benzene rings is 2. The molecule has 144 valence electrons. The number of ether oxygens (including phenoxy) is 1. The summed E-state index contributed by atoms with van der Waals surface area (Å²) in [7, 11) is 1.35. The van der Waals surface area contributed by atoms with Gasteiger partial charge < -0.3 is 9.30 Å². The molecule has 0 bridgehead atoms. The fourth-order valence-electron chi connectivity index (χ4n) is 3.75. The molecule has 0 atom stereocenters. The highest BCUT2D eigenvalue weighted by molar-refractivity contribution is 6.41. The number of rotatable bonds is 3. The number of esters is 1. The zero-order valence-electron chi connectivity index (χ0n) is 16.4. The molecule has 0 unspecified atom stereocenters. The monoisotopic (exact) mass is 385 g/mol. The van der Waals surface area contributed by atoms with E-state index in [0.717, 1.165) is 22.6 Å². The largest absolute Gasteiger partial charge is 0.465 e. The standard InChI is InChI=1S/C24H19NO4/c1-14-12-17(13-21-22(26)19-6-4-5-7-20(19)23(21)27)15(2)25(14)18-10-8-16(9-11-18)24(28)29-3/h4-13H,1-3H3. The quantitative estimate of drug-likeness (QED) is 0.382. The van der Waals surface area contributed by atoms with Gasteiger partial charge in [-0.3, -0.25) is 9.59 Å². The minimum Gasteiger partial charge on any atom is -0.465 e. The molecule has 1 aliphatic rings. The zero-order valence-corrected chi connectivity index (χ0v) is 16.4. The molecule has 5 nitrogen and oxygen atoms in total. The highest BCUT2D eigenvalue weighted by atomic mass is 16.5. The third-order valence-electron chi connectivity index (χ3n) is 5.22. The first kappa shape index (κ1) is 18.6. The molecule has 1 heterocycles. The molecule has 0 radical (unpaired) electrons. The van der Waals surface area contributed by atoms with E-state index in [9.17, 15) is 14.4 Å². The van der Waals surface area contributed by atoms with Crippen molar-refractivity contribution in [2.24, 2.45) is 0 Å². The molecule has 0 saturated heterocycles. The van der Waals surface area contributed by atoms with Gasteiger partial charge >= 0.3 is 5.97 Å². The lowest BCUT2D eigenvalue weighted by Crippen LogP contribution is -2.03. The number of fused-ring (bicyclic) bond motifs is 1. The summed E-state index contributed by atoms with van der Waals surface area (Å²) in [5.74, 6) is -0.864. The van der Waals surface area contributed by atoms with Crippen molar-refractivity contribution in [3.63, 3.8) is 0 Å². The van der Waals surface area contributed by atoms with E-state index in [0.29, 0.717) is 16.7 Å². The lowest BCUT2D eigenvalue weighted by molar-refractivity contribution is 0.0600. The van der Waals surface area contributed by atoms with Gasteiger partial charge in [0.1, 0.15) is 0 Å². The maximum absolute atomic E-state index is 12.7. The number of allylic oxidation sites excluding steroid dienone is 1. The number of hydrogen-bond donors (Lipinski definition) is 0. The Balaban J connectivity index is 1.74. The van der Waals surface area contributed by atoms with Crippen molar-refractivity contribution in [1.29, 1.82) is 0 Å². The van der Waals surface area contributed by atoms with Crippen molar-refractivity contribution in [2.45, 2.75) is 13.8 Å². The van der Waals surface area contributed by atoms with Crippen LogP contribution in [0.5, 0.6) is 0 Å². The van der Waals surface area contributed by atoms with Gasteiger partial charge in [-0.25, -0.2) is 4.79 Å². The second-order valence-corrected chi connectivity index (χ2v) is 6.96. The van der Waals surface area contributed by atoms with Crippen molar-refractivity contribution in [1.82, 2.24) is 4.57 Å². The number of hydrogen-bond acceptors (Lipinski definition) is 4. The molecular formula is C24H19NO4. The molecular weight excluding hydrogens is 366 g/mol. The van der Waals surface area contributed by atoms with Gasteiger partial charge in [0.25, 0.3) is 0 Å². The van der Waals surface area contributed by atoms with E-state index in [1.54, 1.807) is 42.5 Å². The molecule has 0 amide bonds. The molecule has 2 aromatic carbocycles. The van der Waals surface area contributed by atoms with Crippen molar-refractivity contribution in [3.05, 3.63) is 93.8 Å². The number of Topliss-reactive ketones (excluding diaryl/α,β-unsaturated/α-hetero) is 2. The molecule has 1 aliphatic carbocycles. The van der Waals surface area contributed by atoms with Crippen LogP contribution in [0.3, 0.4) is 0 Å². The third-order valence-corrected chi connectivity index (χ3v) is 5.22. The lowest BCUT2D eigenvalue weighted by Gasteiger charge is -2.10. The summed E-state index contributed by atoms with van der Waals surface area (Å²) in [6, 6.07) is 15.9. The first-order chi connectivity index (χ1) is 13.9. The summed E-state index contributed by atoms with van der Waals surface area (Å²) in [6.07, 6.45) is 1.67. The fraction of sp³-hybridized carbons (Fsp3) is 0.125. The Morgan fingerprint density at radius 2 is 1.52 bits per heavy atom. The van der Waals surface area contributed by atoms with Gasteiger partial charge in [-0.1, -0.05) is 24.3 Å². The molecule has 0 aliphatic heterocycles. The van der Waals surface area contributed by atoms with Crippen LogP contribution in [0, 0.1) is 13.8 Å². The van der Waals surface area contributed by atoms with Gasteiger partial charge in [-0.15, -0.1) is 0 Å². The Hall–Kier alpha value is -3.73. The van der Waals surface area contributed by atoms with E-state index in [-0.39, 0.29) is 23.1 Å². The van der Waals surface area contributed by atoms with E-state index in [4.69, 9.17) is 4.74 Å². The van der Waals surface area contributed by atoms with Crippen LogP contribution in [0.25, 0.3) is 11.8 Å². The summed E-state index contributed by atoms with van der Waals surface area (Å²) in [6.45, 7) is 3.89. The van der Waals surface area contributed by atoms with E-state index in [2.05, 4.69) is 0 Å². The fourth-order valence-corrected chi connectivity index (χ4v) is 3.75. The van der Waals surface area contributed by atoms with E-state index in [1.807, 2.05) is 36.6 Å². The molecule has 4 rings (SSSR count). The van der Waals surface area contributed by atoms with Gasteiger partial charge in [0.05, 0.1) is 18.2 Å². The maximum Gasteiger partial charge on any atom is 0.337 e. The van der Waals surface area contributed by atoms with Gasteiger partial charge in [0, 0.05) is 28.2 Å². The van der Waals surface area contributed by atoms with Crippen LogP contribution in [0.2, 0.25) is 0 Å². The smallest absolute Gasteiger partial charge is 0.337 e. The van der Waals surface area contributed by atoms with Crippen LogP contribution in [-0.4, -0.2) is 29.2 Å². The van der Waals surface area contributed by atoms with Crippen molar-refractivity contribution >= 4 is 23.6 Å². The van der Waals surface area contributed by atoms with Gasteiger partial charge in [-0.2, -0.15) is 0 Å². The Bertz CT molecular complexity index is 1160. The molecule has 3 aromatic rings. The maximum atomic E-state index is 12.7. The first-order valence-corrected chi connectivity index (χ1v) is 9.20. The first-order valence-electron chi connectivity index (χ1n) is 9.20. The number of carbonyl (C=O) groups excluding carboxylic acids is 3. The lowest BCUT2D eigenvalue weighted by atomic mass is 10.1. The summed E-state index contributed by atoms with van der Waals surface area (Å²) < 4.78 is 6.76. The van der Waals surface area contributed by atoms with Crippen molar-refractivity contribution < 1.29 is 19.1 Å². The summed E-state index contributed by atoms with van der Waals surface area (Å²) >= 11 is 0. The average Bonchev–Trinajstić information content (AvgIpc) is 3.15. The Labute approximate surface area is 168 Å². The molecule has 0 fully saturated rings. The topological polar surface area (TPSA) is 65.4 Å². The van der Waals surface area contributed by atoms with Gasteiger partial charge in [0.2, 0.25) is 0 Å². The van der Waals surface area contributed by atoms with Crippen LogP contribution in [0.1, 0.15) is 48.0 Å². The molecule has 0 spiro atoms. The number of methoxy groups -OCH3 is 1. The SMILES string of the molecule is COC(=O)c1ccc(-n2c(C)cc(C=C3C(=O)c4ccccc4C3=O)c2C)cc1. The van der Waals surface area contributed by atoms with Gasteiger partial charge in [-0.05, 0) is 55.8 Å². The molecule has 29 heavy (non-hydrogen) atoms. The zero-order chi connectivity index (χ0) is 20.7. The second-order valence-electron chi connectivity index (χ2n) is 6.96. The Morgan fingerprint density at radius 1 is 0.931 bits per heavy atom. The molecule has 5 heteroatoms. The van der Waals surface area contributed by atoms with Crippen LogP contribution in [0.4, 0.5) is 0 Å². The number of aryl methyl sites for hydroxylation is 1. The molecule has 1 aromatic heterocycles. The third kappa shape index (κ3) is 3.01. The Morgan fingerprint density at radius 3 is 2.07 bits per heavy atom. The summed E-state index contributed by atoms with van der Waals surface area (Å²) in [5.41, 5.74) is 5.11. The molecule has 0 N–H and O–H groups in total. The van der Waals surface area contributed by atoms with E-state index in [1.165, 1.54) is 7.11 Å². The minimum absolute atomic E-state index is 0.187. The van der Waals surface area contributed by atoms with Crippen molar-refractivity contribution in [2.75, 3.05) is 7.11 Å². The number of ketones is 2. The summed E-state index contributed by atoms with van der Waals surface area (Å²) in [4.78, 5) is 37.0. The van der Waals surface area contributed by atoms with Crippen LogP contribution >= 0.6 is 0 Å². The Kier molecular flexibility index (Phi) is 4.51. The normalized spacial score (nSPS) is 12.9. The minimum atomic E-state index is -0.388. The predicted octanol–water partition coefficient (Wildman–Crippen LogP) is 4.34. The highest BCUT2D eigenvalue weighted by Gasteiger charge is 2.32.